The molecule has 0 radical (unpaired) electrons. The van der Waals surface area contributed by atoms with Gasteiger partial charge >= 0.3 is 0 Å². The number of nitrogens with two attached hydrogens (primary N) is 1. The van der Waals surface area contributed by atoms with Crippen molar-refractivity contribution in [2.45, 2.75) is 18.9 Å². The number of rotatable bonds is 3. The van der Waals surface area contributed by atoms with Gasteiger partial charge in [0, 0.05) is 11.2 Å². The lowest BCUT2D eigenvalue weighted by Gasteiger charge is -2.26. The van der Waals surface area contributed by atoms with E-state index in [9.17, 15) is 0 Å². The molecule has 1 fully saturated rings. The van der Waals surface area contributed by atoms with Crippen LogP contribution in [-0.2, 0) is 0 Å². The summed E-state index contributed by atoms with van der Waals surface area (Å²) in [6, 6.07) is 8.96. The number of hydrogen-bond donors (Lipinski definition) is 1. The highest BCUT2D eigenvalue weighted by molar-refractivity contribution is 7.17. The molecule has 0 spiro atoms. The fraction of sp³-hybridized carbons (Fsp3) is 0.400. The Kier molecular flexibility index (Phi) is 2.52. The van der Waals surface area contributed by atoms with Crippen molar-refractivity contribution in [1.29, 1.82) is 0 Å². The van der Waals surface area contributed by atoms with Crippen molar-refractivity contribution in [3.8, 4) is 0 Å². The van der Waals surface area contributed by atoms with E-state index in [1.807, 2.05) is 11.3 Å². The van der Waals surface area contributed by atoms with Gasteiger partial charge in [0.15, 0.2) is 5.96 Å². The Morgan fingerprint density at radius 2 is 2.16 bits per heavy atom. The molecular weight excluding hydrogens is 254 g/mol. The predicted molar refractivity (Wildman–Crippen MR) is 80.5 cm³/mol. The maximum Gasteiger partial charge on any atom is 0.191 e. The highest BCUT2D eigenvalue weighted by Gasteiger charge is 2.33. The zero-order valence-electron chi connectivity index (χ0n) is 10.7. The molecule has 0 bridgehead atoms. The molecule has 4 heteroatoms. The van der Waals surface area contributed by atoms with Gasteiger partial charge in [-0.1, -0.05) is 18.2 Å². The fourth-order valence-electron chi connectivity index (χ4n) is 2.85. The van der Waals surface area contributed by atoms with Gasteiger partial charge in [0.1, 0.15) is 0 Å². The number of nitrogens with zero attached hydrogens (tertiary/aromatic N) is 2. The number of benzene rings is 1. The summed E-state index contributed by atoms with van der Waals surface area (Å²) >= 11 is 1.82. The number of guanidine groups is 1. The van der Waals surface area contributed by atoms with Crippen molar-refractivity contribution in [2.75, 3.05) is 13.1 Å². The molecule has 1 saturated carbocycles. The van der Waals surface area contributed by atoms with E-state index in [-0.39, 0.29) is 0 Å². The third kappa shape index (κ3) is 1.91. The van der Waals surface area contributed by atoms with Crippen molar-refractivity contribution in [3.63, 3.8) is 0 Å². The van der Waals surface area contributed by atoms with E-state index in [0.717, 1.165) is 25.0 Å². The van der Waals surface area contributed by atoms with Gasteiger partial charge in [-0.05, 0) is 41.2 Å². The molecular formula is C15H17N3S. The van der Waals surface area contributed by atoms with Gasteiger partial charge < -0.3 is 10.6 Å². The summed E-state index contributed by atoms with van der Waals surface area (Å²) in [5, 5.41) is 3.65. The van der Waals surface area contributed by atoms with Crippen LogP contribution in [0.1, 0.15) is 24.4 Å². The van der Waals surface area contributed by atoms with E-state index in [1.165, 1.54) is 28.5 Å². The maximum atomic E-state index is 6.07. The molecule has 1 aliphatic carbocycles. The first-order valence-electron chi connectivity index (χ1n) is 6.85. The first-order chi connectivity index (χ1) is 9.33. The van der Waals surface area contributed by atoms with Gasteiger partial charge in [0.05, 0.1) is 12.6 Å². The summed E-state index contributed by atoms with van der Waals surface area (Å²) in [6.07, 6.45) is 2.70. The van der Waals surface area contributed by atoms with Gasteiger partial charge in [-0.2, -0.15) is 0 Å². The van der Waals surface area contributed by atoms with Gasteiger partial charge in [-0.15, -0.1) is 11.3 Å². The number of fused-ring (bicyclic) bond motifs is 1. The van der Waals surface area contributed by atoms with Crippen molar-refractivity contribution in [1.82, 2.24) is 4.90 Å². The lowest BCUT2D eigenvalue weighted by Crippen LogP contribution is -2.37. The van der Waals surface area contributed by atoms with Crippen LogP contribution in [0.5, 0.6) is 0 Å². The second-order valence-electron chi connectivity index (χ2n) is 5.50. The molecule has 2 N–H and O–H groups in total. The quantitative estimate of drug-likeness (QED) is 0.932. The van der Waals surface area contributed by atoms with E-state index in [4.69, 9.17) is 5.73 Å². The molecule has 0 saturated heterocycles. The first-order valence-corrected chi connectivity index (χ1v) is 7.73. The molecule has 0 amide bonds. The Morgan fingerprint density at radius 3 is 3.00 bits per heavy atom. The predicted octanol–water partition coefficient (Wildman–Crippen LogP) is 2.98. The van der Waals surface area contributed by atoms with Crippen LogP contribution >= 0.6 is 11.3 Å². The monoisotopic (exact) mass is 271 g/mol. The van der Waals surface area contributed by atoms with Gasteiger partial charge in [-0.25, -0.2) is 0 Å². The van der Waals surface area contributed by atoms with Crippen LogP contribution in [-0.4, -0.2) is 23.9 Å². The van der Waals surface area contributed by atoms with Crippen molar-refractivity contribution in [3.05, 3.63) is 35.2 Å². The van der Waals surface area contributed by atoms with E-state index in [0.29, 0.717) is 6.04 Å². The number of hydrogen-bond acceptors (Lipinski definition) is 4. The summed E-state index contributed by atoms with van der Waals surface area (Å²) in [4.78, 5) is 6.78. The van der Waals surface area contributed by atoms with E-state index < -0.39 is 0 Å². The average molecular weight is 271 g/mol. The van der Waals surface area contributed by atoms with E-state index in [1.54, 1.807) is 0 Å². The van der Waals surface area contributed by atoms with Crippen LogP contribution in [0, 0.1) is 5.92 Å². The van der Waals surface area contributed by atoms with Gasteiger partial charge in [0.25, 0.3) is 0 Å². The third-order valence-electron chi connectivity index (χ3n) is 4.12. The normalized spacial score (nSPS) is 23.1. The molecule has 19 heavy (non-hydrogen) atoms. The molecule has 1 unspecified atom stereocenters. The Morgan fingerprint density at radius 1 is 1.32 bits per heavy atom. The molecule has 2 aromatic rings. The van der Waals surface area contributed by atoms with Crippen LogP contribution < -0.4 is 5.73 Å². The second kappa shape index (κ2) is 4.23. The molecule has 4 rings (SSSR count). The van der Waals surface area contributed by atoms with Crippen LogP contribution in [0.25, 0.3) is 10.1 Å². The fourth-order valence-corrected chi connectivity index (χ4v) is 3.86. The molecule has 1 atom stereocenters. The Hall–Kier alpha value is -1.55. The van der Waals surface area contributed by atoms with Crippen LogP contribution in [0.3, 0.4) is 0 Å². The first kappa shape index (κ1) is 11.3. The van der Waals surface area contributed by atoms with Crippen molar-refractivity contribution >= 4 is 27.4 Å². The van der Waals surface area contributed by atoms with Crippen LogP contribution in [0.15, 0.2) is 34.6 Å². The SMILES string of the molecule is NC1=NCC(c2csc3ccccc23)N1CC1CC1. The Balaban J connectivity index is 1.70. The lowest BCUT2D eigenvalue weighted by atomic mass is 10.0. The zero-order chi connectivity index (χ0) is 12.8. The summed E-state index contributed by atoms with van der Waals surface area (Å²) in [6.45, 7) is 1.88. The van der Waals surface area contributed by atoms with Gasteiger partial charge in [-0.3, -0.25) is 4.99 Å². The molecule has 1 aromatic heterocycles. The van der Waals surface area contributed by atoms with E-state index in [2.05, 4.69) is 39.5 Å². The minimum Gasteiger partial charge on any atom is -0.370 e. The minimum atomic E-state index is 0.344. The Labute approximate surface area is 116 Å². The second-order valence-corrected chi connectivity index (χ2v) is 6.41. The summed E-state index contributed by atoms with van der Waals surface area (Å²) in [7, 11) is 0. The molecule has 2 aliphatic rings. The summed E-state index contributed by atoms with van der Waals surface area (Å²) < 4.78 is 1.36. The smallest absolute Gasteiger partial charge is 0.191 e. The molecule has 2 heterocycles. The lowest BCUT2D eigenvalue weighted by molar-refractivity contribution is 0.336. The van der Waals surface area contributed by atoms with Crippen molar-refractivity contribution < 1.29 is 0 Å². The molecule has 1 aromatic carbocycles. The highest BCUT2D eigenvalue weighted by atomic mass is 32.1. The molecule has 3 nitrogen and oxygen atoms in total. The van der Waals surface area contributed by atoms with E-state index >= 15 is 0 Å². The van der Waals surface area contributed by atoms with Crippen LogP contribution in [0.4, 0.5) is 0 Å². The standard InChI is InChI=1S/C15H17N3S/c16-15-17-7-13(18(15)8-10-5-6-10)12-9-19-14-4-2-1-3-11(12)14/h1-4,9-10,13H,5-8H2,(H2,16,17). The maximum absolute atomic E-state index is 6.07. The third-order valence-corrected chi connectivity index (χ3v) is 5.10. The van der Waals surface area contributed by atoms with Crippen LogP contribution in [0.2, 0.25) is 0 Å². The van der Waals surface area contributed by atoms with Crippen molar-refractivity contribution in [2.24, 2.45) is 16.6 Å². The summed E-state index contributed by atoms with van der Waals surface area (Å²) in [5.74, 6) is 1.56. The molecule has 1 aliphatic heterocycles. The largest absolute Gasteiger partial charge is 0.370 e. The number of aliphatic imine (C=N–C) groups is 1. The summed E-state index contributed by atoms with van der Waals surface area (Å²) in [5.41, 5.74) is 7.47. The molecule has 98 valence electrons. The highest BCUT2D eigenvalue weighted by Crippen LogP contribution is 2.38. The average Bonchev–Trinajstić information content (AvgIpc) is 3.04. The number of thiophene rings is 1. The van der Waals surface area contributed by atoms with Gasteiger partial charge in [0.2, 0.25) is 0 Å². The zero-order valence-corrected chi connectivity index (χ0v) is 11.6. The minimum absolute atomic E-state index is 0.344. The Bertz CT molecular complexity index is 642. The topological polar surface area (TPSA) is 41.6 Å².